The van der Waals surface area contributed by atoms with Crippen LogP contribution in [0.4, 0.5) is 11.4 Å². The van der Waals surface area contributed by atoms with Crippen molar-refractivity contribution in [3.63, 3.8) is 0 Å². The molecule has 1 atom stereocenters. The molecule has 0 fully saturated rings. The molecule has 2 N–H and O–H groups in total. The molecule has 0 radical (unpaired) electrons. The van der Waals surface area contributed by atoms with Crippen LogP contribution in [-0.2, 0) is 4.79 Å². The lowest BCUT2D eigenvalue weighted by atomic mass is 10.2. The first-order valence-electron chi connectivity index (χ1n) is 7.14. The lowest BCUT2D eigenvalue weighted by Gasteiger charge is -2.23. The number of amides is 2. The number of ether oxygens (including phenoxy) is 1. The Balaban J connectivity index is 1.76. The first-order valence-corrected chi connectivity index (χ1v) is 8.36. The fraction of sp³-hybridized carbons (Fsp3) is 0.176. The van der Waals surface area contributed by atoms with Crippen LogP contribution >= 0.6 is 11.8 Å². The van der Waals surface area contributed by atoms with Crippen LogP contribution in [0.5, 0.6) is 5.75 Å². The molecule has 2 aromatic carbocycles. The Morgan fingerprint density at radius 3 is 2.65 bits per heavy atom. The number of anilines is 2. The third-order valence-electron chi connectivity index (χ3n) is 3.52. The minimum atomic E-state index is -0.516. The summed E-state index contributed by atoms with van der Waals surface area (Å²) in [6.45, 7) is 1.69. The van der Waals surface area contributed by atoms with Crippen molar-refractivity contribution < 1.29 is 14.3 Å². The van der Waals surface area contributed by atoms with Gasteiger partial charge in [-0.3, -0.25) is 9.59 Å². The molecule has 3 rings (SSSR count). The van der Waals surface area contributed by atoms with Crippen LogP contribution in [0.15, 0.2) is 47.4 Å². The van der Waals surface area contributed by atoms with E-state index in [-0.39, 0.29) is 11.8 Å². The summed E-state index contributed by atoms with van der Waals surface area (Å²) >= 11 is 1.62. The van der Waals surface area contributed by atoms with Crippen LogP contribution in [0.1, 0.15) is 17.3 Å². The van der Waals surface area contributed by atoms with Crippen molar-refractivity contribution >= 4 is 35.0 Å². The Hall–Kier alpha value is -2.47. The average molecular weight is 328 g/mol. The molecule has 2 aromatic rings. The number of thioether (sulfide) groups is 1. The fourth-order valence-electron chi connectivity index (χ4n) is 2.23. The number of hydrogen-bond acceptors (Lipinski definition) is 4. The molecular weight excluding hydrogens is 312 g/mol. The van der Waals surface area contributed by atoms with Crippen molar-refractivity contribution in [1.29, 1.82) is 0 Å². The van der Waals surface area contributed by atoms with Gasteiger partial charge in [-0.2, -0.15) is 0 Å². The molecule has 1 aliphatic heterocycles. The van der Waals surface area contributed by atoms with Crippen molar-refractivity contribution in [2.75, 3.05) is 16.9 Å². The second-order valence-corrected chi connectivity index (χ2v) is 6.02. The lowest BCUT2D eigenvalue weighted by Crippen LogP contribution is -2.34. The van der Waals surface area contributed by atoms with E-state index in [1.807, 2.05) is 18.4 Å². The van der Waals surface area contributed by atoms with Crippen molar-refractivity contribution in [1.82, 2.24) is 0 Å². The quantitative estimate of drug-likeness (QED) is 0.848. The van der Waals surface area contributed by atoms with Gasteiger partial charge in [0.1, 0.15) is 5.75 Å². The third kappa shape index (κ3) is 3.32. The number of benzene rings is 2. The summed E-state index contributed by atoms with van der Waals surface area (Å²) in [7, 11) is 0. The van der Waals surface area contributed by atoms with Gasteiger partial charge in [-0.25, -0.2) is 0 Å². The second-order valence-electron chi connectivity index (χ2n) is 5.14. The molecule has 5 nitrogen and oxygen atoms in total. The Morgan fingerprint density at radius 2 is 1.96 bits per heavy atom. The van der Waals surface area contributed by atoms with E-state index in [1.165, 1.54) is 0 Å². The van der Waals surface area contributed by atoms with E-state index in [4.69, 9.17) is 4.74 Å². The fourth-order valence-corrected chi connectivity index (χ4v) is 2.64. The van der Waals surface area contributed by atoms with E-state index >= 15 is 0 Å². The van der Waals surface area contributed by atoms with Crippen LogP contribution in [0.25, 0.3) is 0 Å². The molecular formula is C17H16N2O3S. The number of nitrogens with one attached hydrogen (secondary N) is 2. The predicted molar refractivity (Wildman–Crippen MR) is 91.3 cm³/mol. The minimum Gasteiger partial charge on any atom is -0.479 e. The van der Waals surface area contributed by atoms with E-state index in [0.29, 0.717) is 22.7 Å². The Labute approximate surface area is 138 Å². The molecule has 1 heterocycles. The van der Waals surface area contributed by atoms with Crippen LogP contribution in [0.3, 0.4) is 0 Å². The zero-order valence-corrected chi connectivity index (χ0v) is 13.6. The van der Waals surface area contributed by atoms with Gasteiger partial charge in [0, 0.05) is 16.1 Å². The van der Waals surface area contributed by atoms with E-state index in [2.05, 4.69) is 10.6 Å². The molecule has 0 saturated heterocycles. The summed E-state index contributed by atoms with van der Waals surface area (Å²) in [5, 5.41) is 5.58. The van der Waals surface area contributed by atoms with Crippen LogP contribution in [0, 0.1) is 0 Å². The summed E-state index contributed by atoms with van der Waals surface area (Å²) in [5.41, 5.74) is 1.74. The molecule has 2 amide bonds. The maximum Gasteiger partial charge on any atom is 0.265 e. The van der Waals surface area contributed by atoms with Crippen molar-refractivity contribution in [3.8, 4) is 5.75 Å². The molecule has 0 bridgehead atoms. The SMILES string of the molecule is CSc1ccc(C(=O)Nc2ccc3c(c2)NC(=O)C(C)O3)cc1. The normalized spacial score (nSPS) is 16.1. The number of rotatable bonds is 3. The first kappa shape index (κ1) is 15.4. The summed E-state index contributed by atoms with van der Waals surface area (Å²) in [6, 6.07) is 12.5. The van der Waals surface area contributed by atoms with Crippen LogP contribution < -0.4 is 15.4 Å². The maximum atomic E-state index is 12.3. The summed E-state index contributed by atoms with van der Waals surface area (Å²) in [6.07, 6.45) is 1.47. The van der Waals surface area contributed by atoms with Crippen LogP contribution in [-0.4, -0.2) is 24.2 Å². The predicted octanol–water partition coefficient (Wildman–Crippen LogP) is 3.38. The van der Waals surface area contributed by atoms with Gasteiger partial charge in [0.05, 0.1) is 5.69 Å². The van der Waals surface area contributed by atoms with E-state index in [0.717, 1.165) is 4.90 Å². The highest BCUT2D eigenvalue weighted by atomic mass is 32.2. The summed E-state index contributed by atoms with van der Waals surface area (Å²) < 4.78 is 5.49. The topological polar surface area (TPSA) is 67.4 Å². The molecule has 1 aliphatic rings. The summed E-state index contributed by atoms with van der Waals surface area (Å²) in [4.78, 5) is 25.0. The maximum absolute atomic E-state index is 12.3. The molecule has 0 aromatic heterocycles. The number of carbonyl (C=O) groups is 2. The lowest BCUT2D eigenvalue weighted by molar-refractivity contribution is -0.122. The number of carbonyl (C=O) groups excluding carboxylic acids is 2. The van der Waals surface area contributed by atoms with Gasteiger partial charge in [0.15, 0.2) is 6.10 Å². The highest BCUT2D eigenvalue weighted by Gasteiger charge is 2.23. The molecule has 0 spiro atoms. The Morgan fingerprint density at radius 1 is 1.22 bits per heavy atom. The Bertz CT molecular complexity index is 759. The third-order valence-corrected chi connectivity index (χ3v) is 4.26. The van der Waals surface area contributed by atoms with Gasteiger partial charge >= 0.3 is 0 Å². The van der Waals surface area contributed by atoms with Crippen molar-refractivity contribution in [3.05, 3.63) is 48.0 Å². The van der Waals surface area contributed by atoms with Crippen molar-refractivity contribution in [2.24, 2.45) is 0 Å². The molecule has 1 unspecified atom stereocenters. The smallest absolute Gasteiger partial charge is 0.265 e. The number of hydrogen-bond donors (Lipinski definition) is 2. The van der Waals surface area contributed by atoms with Gasteiger partial charge in [-0.05, 0) is 55.6 Å². The van der Waals surface area contributed by atoms with Gasteiger partial charge in [0.2, 0.25) is 0 Å². The van der Waals surface area contributed by atoms with E-state index < -0.39 is 6.10 Å². The van der Waals surface area contributed by atoms with Gasteiger partial charge < -0.3 is 15.4 Å². The van der Waals surface area contributed by atoms with Crippen molar-refractivity contribution in [2.45, 2.75) is 17.9 Å². The average Bonchev–Trinajstić information content (AvgIpc) is 2.56. The molecule has 0 saturated carbocycles. The molecule has 118 valence electrons. The standard InChI is InChI=1S/C17H16N2O3S/c1-10-16(20)19-14-9-12(5-8-15(14)22-10)18-17(21)11-3-6-13(23-2)7-4-11/h3-10H,1-2H3,(H,18,21)(H,19,20). The van der Waals surface area contributed by atoms with E-state index in [1.54, 1.807) is 49.0 Å². The van der Waals surface area contributed by atoms with Gasteiger partial charge in [0.25, 0.3) is 11.8 Å². The largest absolute Gasteiger partial charge is 0.479 e. The van der Waals surface area contributed by atoms with Gasteiger partial charge in [-0.1, -0.05) is 0 Å². The molecule has 0 aliphatic carbocycles. The van der Waals surface area contributed by atoms with Crippen LogP contribution in [0.2, 0.25) is 0 Å². The zero-order chi connectivity index (χ0) is 16.4. The van der Waals surface area contributed by atoms with E-state index in [9.17, 15) is 9.59 Å². The molecule has 23 heavy (non-hydrogen) atoms. The molecule has 6 heteroatoms. The highest BCUT2D eigenvalue weighted by molar-refractivity contribution is 7.98. The number of fused-ring (bicyclic) bond motifs is 1. The second kappa shape index (κ2) is 6.34. The monoisotopic (exact) mass is 328 g/mol. The zero-order valence-electron chi connectivity index (χ0n) is 12.8. The van der Waals surface area contributed by atoms with Gasteiger partial charge in [-0.15, -0.1) is 11.8 Å². The Kier molecular flexibility index (Phi) is 4.25. The summed E-state index contributed by atoms with van der Waals surface area (Å²) in [5.74, 6) is 0.196. The highest BCUT2D eigenvalue weighted by Crippen LogP contribution is 2.32. The minimum absolute atomic E-state index is 0.200. The first-order chi connectivity index (χ1) is 11.1.